The second-order valence-corrected chi connectivity index (χ2v) is 5.61. The molecule has 1 amide bonds. The maximum Gasteiger partial charge on any atom is 0.256 e. The van der Waals surface area contributed by atoms with E-state index in [9.17, 15) is 4.79 Å². The molecule has 0 atom stereocenters. The van der Waals surface area contributed by atoms with Crippen LogP contribution in [0.2, 0.25) is 0 Å². The van der Waals surface area contributed by atoms with Crippen LogP contribution in [0.15, 0.2) is 48.9 Å². The molecule has 7 nitrogen and oxygen atoms in total. The van der Waals surface area contributed by atoms with Crippen LogP contribution < -0.4 is 11.1 Å². The van der Waals surface area contributed by atoms with Crippen LogP contribution in [0.25, 0.3) is 0 Å². The van der Waals surface area contributed by atoms with Crippen molar-refractivity contribution in [2.45, 2.75) is 6.92 Å². The van der Waals surface area contributed by atoms with Crippen molar-refractivity contribution < 1.29 is 4.79 Å². The smallest absolute Gasteiger partial charge is 0.256 e. The molecule has 27 heavy (non-hydrogen) atoms. The van der Waals surface area contributed by atoms with E-state index < -0.39 is 0 Å². The number of amides is 1. The minimum Gasteiger partial charge on any atom is -0.368 e. The van der Waals surface area contributed by atoms with Gasteiger partial charge in [0.15, 0.2) is 0 Å². The number of aromatic nitrogens is 3. The second-order valence-electron chi connectivity index (χ2n) is 5.61. The van der Waals surface area contributed by atoms with Crippen molar-refractivity contribution in [1.29, 1.82) is 5.26 Å². The van der Waals surface area contributed by atoms with E-state index in [1.54, 1.807) is 18.2 Å². The molecule has 3 rings (SSSR count). The van der Waals surface area contributed by atoms with E-state index in [-0.39, 0.29) is 11.9 Å². The molecular weight excluding hydrogens is 340 g/mol. The molecule has 0 fully saturated rings. The lowest BCUT2D eigenvalue weighted by molar-refractivity contribution is 0.102. The molecule has 0 unspecified atom stereocenters. The number of nitriles is 1. The fraction of sp³-hybridized carbons (Fsp3) is 0.0500. The Bertz CT molecular complexity index is 1100. The second kappa shape index (κ2) is 7.77. The average molecular weight is 354 g/mol. The van der Waals surface area contributed by atoms with E-state index in [0.717, 1.165) is 5.56 Å². The lowest BCUT2D eigenvalue weighted by Gasteiger charge is -2.06. The van der Waals surface area contributed by atoms with Crippen molar-refractivity contribution in [2.24, 2.45) is 0 Å². The van der Waals surface area contributed by atoms with Crippen molar-refractivity contribution >= 4 is 17.7 Å². The summed E-state index contributed by atoms with van der Waals surface area (Å²) >= 11 is 0. The van der Waals surface area contributed by atoms with Crippen LogP contribution in [0.4, 0.5) is 11.8 Å². The number of benzene rings is 1. The van der Waals surface area contributed by atoms with Crippen molar-refractivity contribution in [1.82, 2.24) is 15.0 Å². The number of hydrogen-bond acceptors (Lipinski definition) is 6. The quantitative estimate of drug-likeness (QED) is 0.682. The molecule has 1 aromatic carbocycles. The van der Waals surface area contributed by atoms with Gasteiger partial charge in [-0.3, -0.25) is 4.79 Å². The molecule has 0 aliphatic carbocycles. The van der Waals surface area contributed by atoms with Gasteiger partial charge in [-0.1, -0.05) is 17.9 Å². The molecule has 0 saturated heterocycles. The standard InChI is InChI=1S/C20H14N6O/c1-13-2-4-17(19(27)26-18-8-14(10-21)6-7-23-18)9-16(13)5-3-15-11-24-20(22)25-12-15/h2,4,6-9,11-12H,1H3,(H2,22,24,25)(H,23,26,27). The number of nitrogens with zero attached hydrogens (tertiary/aromatic N) is 4. The molecule has 3 aromatic rings. The van der Waals surface area contributed by atoms with Crippen molar-refractivity contribution in [3.05, 3.63) is 76.7 Å². The Morgan fingerprint density at radius 3 is 2.59 bits per heavy atom. The summed E-state index contributed by atoms with van der Waals surface area (Å²) in [6.07, 6.45) is 4.54. The third-order valence-electron chi connectivity index (χ3n) is 3.64. The third-order valence-corrected chi connectivity index (χ3v) is 3.64. The molecule has 3 N–H and O–H groups in total. The molecule has 0 spiro atoms. The number of pyridine rings is 1. The van der Waals surface area contributed by atoms with Gasteiger partial charge >= 0.3 is 0 Å². The highest BCUT2D eigenvalue weighted by Gasteiger charge is 2.09. The number of nitrogens with one attached hydrogen (secondary N) is 1. The highest BCUT2D eigenvalue weighted by molar-refractivity contribution is 6.04. The van der Waals surface area contributed by atoms with Gasteiger partial charge in [0.2, 0.25) is 5.95 Å². The number of carbonyl (C=O) groups excluding carboxylic acids is 1. The zero-order chi connectivity index (χ0) is 19.2. The molecule has 0 radical (unpaired) electrons. The number of rotatable bonds is 2. The number of carbonyl (C=O) groups is 1. The summed E-state index contributed by atoms with van der Waals surface area (Å²) in [5.41, 5.74) is 8.56. The Kier molecular flexibility index (Phi) is 5.06. The predicted molar refractivity (Wildman–Crippen MR) is 101 cm³/mol. The fourth-order valence-electron chi connectivity index (χ4n) is 2.20. The van der Waals surface area contributed by atoms with E-state index in [1.807, 2.05) is 19.1 Å². The molecule has 2 aromatic heterocycles. The summed E-state index contributed by atoms with van der Waals surface area (Å²) in [6, 6.07) is 10.3. The highest BCUT2D eigenvalue weighted by atomic mass is 16.1. The fourth-order valence-corrected chi connectivity index (χ4v) is 2.20. The zero-order valence-corrected chi connectivity index (χ0v) is 14.4. The zero-order valence-electron chi connectivity index (χ0n) is 14.4. The SMILES string of the molecule is Cc1ccc(C(=O)Nc2cc(C#N)ccn2)cc1C#Cc1cnc(N)nc1. The van der Waals surface area contributed by atoms with Gasteiger partial charge in [0.05, 0.1) is 17.2 Å². The topological polar surface area (TPSA) is 118 Å². The monoisotopic (exact) mass is 354 g/mol. The van der Waals surface area contributed by atoms with Crippen molar-refractivity contribution in [2.75, 3.05) is 11.1 Å². The lowest BCUT2D eigenvalue weighted by atomic mass is 10.0. The number of anilines is 2. The number of aryl methyl sites for hydroxylation is 1. The van der Waals surface area contributed by atoms with Gasteiger partial charge in [-0.2, -0.15) is 5.26 Å². The first-order valence-corrected chi connectivity index (χ1v) is 7.93. The Labute approximate surface area is 155 Å². The molecule has 0 saturated carbocycles. The summed E-state index contributed by atoms with van der Waals surface area (Å²) < 4.78 is 0. The minimum atomic E-state index is -0.337. The first kappa shape index (κ1) is 17.6. The third kappa shape index (κ3) is 4.44. The molecule has 0 aliphatic rings. The molecular formula is C20H14N6O. The van der Waals surface area contributed by atoms with Crippen LogP contribution in [-0.2, 0) is 0 Å². The number of hydrogen-bond donors (Lipinski definition) is 2. The summed E-state index contributed by atoms with van der Waals surface area (Å²) in [5.74, 6) is 6.13. The first-order valence-electron chi connectivity index (χ1n) is 7.93. The Balaban J connectivity index is 1.83. The van der Waals surface area contributed by atoms with Gasteiger partial charge < -0.3 is 11.1 Å². The lowest BCUT2D eigenvalue weighted by Crippen LogP contribution is -2.13. The van der Waals surface area contributed by atoms with Gasteiger partial charge in [0.1, 0.15) is 5.82 Å². The van der Waals surface area contributed by atoms with Crippen LogP contribution in [0.5, 0.6) is 0 Å². The Morgan fingerprint density at radius 2 is 1.85 bits per heavy atom. The summed E-state index contributed by atoms with van der Waals surface area (Å²) in [6.45, 7) is 1.91. The van der Waals surface area contributed by atoms with Gasteiger partial charge in [0, 0.05) is 29.7 Å². The predicted octanol–water partition coefficient (Wildman–Crippen LogP) is 2.29. The van der Waals surface area contributed by atoms with Gasteiger partial charge in [-0.15, -0.1) is 0 Å². The van der Waals surface area contributed by atoms with Crippen LogP contribution in [0.3, 0.4) is 0 Å². The maximum absolute atomic E-state index is 12.5. The molecule has 2 heterocycles. The summed E-state index contributed by atoms with van der Waals surface area (Å²) in [4.78, 5) is 24.3. The summed E-state index contributed by atoms with van der Waals surface area (Å²) in [5, 5.41) is 11.6. The van der Waals surface area contributed by atoms with Gasteiger partial charge in [0.25, 0.3) is 5.91 Å². The molecule has 7 heteroatoms. The molecule has 0 aliphatic heterocycles. The van der Waals surface area contributed by atoms with E-state index in [2.05, 4.69) is 32.1 Å². The highest BCUT2D eigenvalue weighted by Crippen LogP contribution is 2.13. The first-order chi connectivity index (χ1) is 13.0. The van der Waals surface area contributed by atoms with Crippen LogP contribution in [-0.4, -0.2) is 20.9 Å². The van der Waals surface area contributed by atoms with E-state index in [4.69, 9.17) is 11.0 Å². The molecule has 130 valence electrons. The molecule has 0 bridgehead atoms. The van der Waals surface area contributed by atoms with Crippen molar-refractivity contribution in [3.63, 3.8) is 0 Å². The van der Waals surface area contributed by atoms with Gasteiger partial charge in [-0.05, 0) is 36.8 Å². The minimum absolute atomic E-state index is 0.185. The maximum atomic E-state index is 12.5. The number of nitrogens with two attached hydrogens (primary N) is 1. The largest absolute Gasteiger partial charge is 0.368 e. The summed E-state index contributed by atoms with van der Waals surface area (Å²) in [7, 11) is 0. The Morgan fingerprint density at radius 1 is 1.07 bits per heavy atom. The van der Waals surface area contributed by atoms with E-state index in [0.29, 0.717) is 28.1 Å². The normalized spacial score (nSPS) is 9.63. The van der Waals surface area contributed by atoms with Crippen molar-refractivity contribution in [3.8, 4) is 17.9 Å². The van der Waals surface area contributed by atoms with Gasteiger partial charge in [-0.25, -0.2) is 15.0 Å². The van der Waals surface area contributed by atoms with E-state index in [1.165, 1.54) is 24.7 Å². The Hall–Kier alpha value is -4.23. The van der Waals surface area contributed by atoms with Crippen LogP contribution in [0.1, 0.15) is 32.6 Å². The van der Waals surface area contributed by atoms with Crippen LogP contribution in [0, 0.1) is 30.1 Å². The van der Waals surface area contributed by atoms with E-state index >= 15 is 0 Å². The van der Waals surface area contributed by atoms with Crippen LogP contribution >= 0.6 is 0 Å². The average Bonchev–Trinajstić information content (AvgIpc) is 2.68. The number of nitrogen functional groups attached to an aromatic ring is 1.